The van der Waals surface area contributed by atoms with Gasteiger partial charge in [0.05, 0.1) is 12.1 Å². The van der Waals surface area contributed by atoms with E-state index in [1.165, 1.54) is 5.69 Å². The third-order valence-corrected chi connectivity index (χ3v) is 5.68. The Balaban J connectivity index is 1.65. The number of fused-ring (bicyclic) bond motifs is 1. The van der Waals surface area contributed by atoms with Crippen LogP contribution in [0.3, 0.4) is 0 Å². The molecule has 4 nitrogen and oxygen atoms in total. The summed E-state index contributed by atoms with van der Waals surface area (Å²) in [5.41, 5.74) is 6.15. The maximum atomic E-state index is 12.3. The molecule has 4 rings (SSSR count). The molecular weight excluding hydrogens is 396 g/mol. The molecular formula is C25H25ClN2O2. The van der Waals surface area contributed by atoms with Crippen molar-refractivity contribution < 1.29 is 9.63 Å². The minimum atomic E-state index is -0.354. The van der Waals surface area contributed by atoms with Crippen LogP contribution in [0.15, 0.2) is 65.8 Å². The van der Waals surface area contributed by atoms with Gasteiger partial charge in [-0.1, -0.05) is 60.9 Å². The SMILES string of the molecule is Cc1cc2c(n1-c1ccc(Cl)cc1)CC(C)(C)C/C2=N\OC(=O)Cc1ccccc1. The van der Waals surface area contributed by atoms with Crippen LogP contribution in [0.25, 0.3) is 5.69 Å². The third kappa shape index (κ3) is 4.34. The average Bonchev–Trinajstić information content (AvgIpc) is 3.02. The van der Waals surface area contributed by atoms with Gasteiger partial charge in [-0.2, -0.15) is 0 Å². The highest BCUT2D eigenvalue weighted by atomic mass is 35.5. The number of aromatic nitrogens is 1. The lowest BCUT2D eigenvalue weighted by Gasteiger charge is -2.31. The van der Waals surface area contributed by atoms with Crippen LogP contribution in [-0.4, -0.2) is 16.2 Å². The highest BCUT2D eigenvalue weighted by molar-refractivity contribution is 6.30. The highest BCUT2D eigenvalue weighted by Gasteiger charge is 2.33. The Kier molecular flexibility index (Phi) is 5.52. The van der Waals surface area contributed by atoms with Gasteiger partial charge < -0.3 is 9.40 Å². The number of hydrogen-bond donors (Lipinski definition) is 0. The zero-order chi connectivity index (χ0) is 21.3. The van der Waals surface area contributed by atoms with Gasteiger partial charge in [0.15, 0.2) is 0 Å². The first-order chi connectivity index (χ1) is 14.3. The lowest BCUT2D eigenvalue weighted by Crippen LogP contribution is -2.28. The van der Waals surface area contributed by atoms with Gasteiger partial charge in [0.2, 0.25) is 0 Å². The molecule has 2 aromatic carbocycles. The quantitative estimate of drug-likeness (QED) is 0.389. The van der Waals surface area contributed by atoms with Crippen molar-refractivity contribution in [2.24, 2.45) is 10.6 Å². The normalized spacial score (nSPS) is 16.3. The molecule has 5 heteroatoms. The molecule has 30 heavy (non-hydrogen) atoms. The fourth-order valence-electron chi connectivity index (χ4n) is 4.11. The van der Waals surface area contributed by atoms with E-state index in [9.17, 15) is 4.79 Å². The number of carbonyl (C=O) groups excluding carboxylic acids is 1. The molecule has 0 N–H and O–H groups in total. The minimum absolute atomic E-state index is 0.00659. The van der Waals surface area contributed by atoms with E-state index in [0.717, 1.165) is 41.1 Å². The second kappa shape index (κ2) is 8.11. The summed E-state index contributed by atoms with van der Waals surface area (Å²) >= 11 is 6.08. The van der Waals surface area contributed by atoms with E-state index < -0.39 is 0 Å². The molecule has 0 atom stereocenters. The topological polar surface area (TPSA) is 43.6 Å². The molecule has 0 bridgehead atoms. The van der Waals surface area contributed by atoms with Crippen molar-refractivity contribution >= 4 is 23.3 Å². The number of aryl methyl sites for hydroxylation is 1. The maximum absolute atomic E-state index is 12.3. The Bertz CT molecular complexity index is 1100. The molecule has 154 valence electrons. The Morgan fingerprint density at radius 3 is 2.50 bits per heavy atom. The molecule has 1 aliphatic carbocycles. The van der Waals surface area contributed by atoms with Crippen LogP contribution in [0.4, 0.5) is 0 Å². The zero-order valence-corrected chi connectivity index (χ0v) is 18.2. The number of halogens is 1. The molecule has 0 radical (unpaired) electrons. The molecule has 0 unspecified atom stereocenters. The molecule has 0 saturated carbocycles. The molecule has 0 spiro atoms. The van der Waals surface area contributed by atoms with Crippen LogP contribution in [0.5, 0.6) is 0 Å². The fourth-order valence-corrected chi connectivity index (χ4v) is 4.24. The van der Waals surface area contributed by atoms with Gasteiger partial charge in [-0.3, -0.25) is 0 Å². The summed E-state index contributed by atoms with van der Waals surface area (Å²) in [6, 6.07) is 19.5. The first kappa shape index (κ1) is 20.4. The predicted octanol–water partition coefficient (Wildman–Crippen LogP) is 5.90. The van der Waals surface area contributed by atoms with Crippen molar-refractivity contribution in [3.8, 4) is 5.69 Å². The fraction of sp³-hybridized carbons (Fsp3) is 0.280. The molecule has 1 aromatic heterocycles. The van der Waals surface area contributed by atoms with Gasteiger partial charge in [0.1, 0.15) is 0 Å². The lowest BCUT2D eigenvalue weighted by molar-refractivity contribution is -0.142. The van der Waals surface area contributed by atoms with Crippen LogP contribution >= 0.6 is 11.6 Å². The van der Waals surface area contributed by atoms with Gasteiger partial charge in [-0.15, -0.1) is 0 Å². The molecule has 1 aliphatic rings. The second-order valence-corrected chi connectivity index (χ2v) is 9.08. The lowest BCUT2D eigenvalue weighted by atomic mass is 9.76. The van der Waals surface area contributed by atoms with E-state index in [4.69, 9.17) is 16.4 Å². The minimum Gasteiger partial charge on any atom is -0.318 e. The highest BCUT2D eigenvalue weighted by Crippen LogP contribution is 2.38. The molecule has 1 heterocycles. The largest absolute Gasteiger partial charge is 0.339 e. The van der Waals surface area contributed by atoms with Crippen molar-refractivity contribution in [1.82, 2.24) is 4.57 Å². The standard InChI is InChI=1S/C25H25ClN2O2/c1-17-13-21-22(27-30-24(29)14-18-7-5-4-6-8-18)15-25(2,3)16-23(21)28(17)20-11-9-19(26)10-12-20/h4-13H,14-16H2,1-3H3/b27-22+. The summed E-state index contributed by atoms with van der Waals surface area (Å²) in [7, 11) is 0. The van der Waals surface area contributed by atoms with Gasteiger partial charge in [-0.05, 0) is 61.1 Å². The molecule has 0 fully saturated rings. The van der Waals surface area contributed by atoms with Crippen molar-refractivity contribution in [2.45, 2.75) is 40.0 Å². The number of oxime groups is 1. The summed E-state index contributed by atoms with van der Waals surface area (Å²) in [6.07, 6.45) is 1.87. The molecule has 3 aromatic rings. The van der Waals surface area contributed by atoms with Crippen LogP contribution in [0, 0.1) is 12.3 Å². The van der Waals surface area contributed by atoms with Crippen LogP contribution in [0.1, 0.15) is 42.8 Å². The summed E-state index contributed by atoms with van der Waals surface area (Å²) in [6.45, 7) is 6.51. The zero-order valence-electron chi connectivity index (χ0n) is 17.5. The number of benzene rings is 2. The molecule has 0 aliphatic heterocycles. The summed E-state index contributed by atoms with van der Waals surface area (Å²) < 4.78 is 2.24. The molecule has 0 saturated heterocycles. The van der Waals surface area contributed by atoms with E-state index in [1.54, 1.807) is 0 Å². The Morgan fingerprint density at radius 2 is 1.80 bits per heavy atom. The van der Waals surface area contributed by atoms with E-state index in [1.807, 2.05) is 54.6 Å². The van der Waals surface area contributed by atoms with Crippen molar-refractivity contribution in [3.05, 3.63) is 88.2 Å². The maximum Gasteiger partial charge on any atom is 0.339 e. The number of nitrogens with zero attached hydrogens (tertiary/aromatic N) is 2. The van der Waals surface area contributed by atoms with Crippen molar-refractivity contribution in [3.63, 3.8) is 0 Å². The van der Waals surface area contributed by atoms with Crippen molar-refractivity contribution in [2.75, 3.05) is 0 Å². The Morgan fingerprint density at radius 1 is 1.10 bits per heavy atom. The summed E-state index contributed by atoms with van der Waals surface area (Å²) in [5.74, 6) is -0.354. The van der Waals surface area contributed by atoms with E-state index in [2.05, 4.69) is 36.6 Å². The smallest absolute Gasteiger partial charge is 0.318 e. The second-order valence-electron chi connectivity index (χ2n) is 8.64. The van der Waals surface area contributed by atoms with Crippen LogP contribution in [-0.2, 0) is 22.5 Å². The van der Waals surface area contributed by atoms with E-state index in [-0.39, 0.29) is 17.8 Å². The summed E-state index contributed by atoms with van der Waals surface area (Å²) in [5, 5.41) is 5.02. The van der Waals surface area contributed by atoms with Crippen molar-refractivity contribution in [1.29, 1.82) is 0 Å². The number of carbonyl (C=O) groups is 1. The van der Waals surface area contributed by atoms with Crippen LogP contribution in [0.2, 0.25) is 5.02 Å². The van der Waals surface area contributed by atoms with Gasteiger partial charge in [0.25, 0.3) is 0 Å². The summed E-state index contributed by atoms with van der Waals surface area (Å²) in [4.78, 5) is 17.6. The number of hydrogen-bond acceptors (Lipinski definition) is 3. The van der Waals surface area contributed by atoms with Crippen LogP contribution < -0.4 is 0 Å². The third-order valence-electron chi connectivity index (χ3n) is 5.42. The average molecular weight is 421 g/mol. The van der Waals surface area contributed by atoms with Gasteiger partial charge >= 0.3 is 5.97 Å². The Hall–Kier alpha value is -2.85. The van der Waals surface area contributed by atoms with E-state index >= 15 is 0 Å². The Labute approximate surface area is 182 Å². The number of rotatable bonds is 4. The first-order valence-electron chi connectivity index (χ1n) is 10.1. The first-order valence-corrected chi connectivity index (χ1v) is 10.5. The van der Waals surface area contributed by atoms with Gasteiger partial charge in [0, 0.05) is 27.7 Å². The predicted molar refractivity (Wildman–Crippen MR) is 120 cm³/mol. The van der Waals surface area contributed by atoms with Gasteiger partial charge in [-0.25, -0.2) is 4.79 Å². The monoisotopic (exact) mass is 420 g/mol. The van der Waals surface area contributed by atoms with E-state index in [0.29, 0.717) is 5.02 Å². The molecule has 0 amide bonds.